The molecule has 0 saturated heterocycles. The van der Waals surface area contributed by atoms with Crippen molar-refractivity contribution in [2.75, 3.05) is 0 Å². The topological polar surface area (TPSA) is 83.2 Å². The Morgan fingerprint density at radius 3 is 1.29 bits per heavy atom. The molecule has 0 aliphatic carbocycles. The zero-order valence-corrected chi connectivity index (χ0v) is 38.8. The van der Waals surface area contributed by atoms with Crippen molar-refractivity contribution in [3.63, 3.8) is 0 Å². The first-order valence-electron chi connectivity index (χ1n) is 23.9. The van der Waals surface area contributed by atoms with E-state index in [0.29, 0.717) is 17.0 Å². The summed E-state index contributed by atoms with van der Waals surface area (Å²) in [6.45, 7) is 0. The number of para-hydroxylation sites is 3. The Balaban J connectivity index is 1.07. The molecule has 10 aromatic carbocycles. The molecule has 0 amide bonds. The monoisotopic (exact) mass is 916 g/mol. The molecule has 0 fully saturated rings. The largest absolute Gasteiger partial charge is 0.309 e. The molecule has 72 heavy (non-hydrogen) atoms. The van der Waals surface area contributed by atoms with Gasteiger partial charge in [0.15, 0.2) is 5.82 Å². The number of nitriles is 2. The van der Waals surface area contributed by atoms with Gasteiger partial charge in [-0.3, -0.25) is 0 Å². The highest BCUT2D eigenvalue weighted by Gasteiger charge is 2.22. The smallest absolute Gasteiger partial charge is 0.160 e. The summed E-state index contributed by atoms with van der Waals surface area (Å²) in [4.78, 5) is 10.4. The van der Waals surface area contributed by atoms with Crippen LogP contribution in [0.2, 0.25) is 0 Å². The van der Waals surface area contributed by atoms with Crippen LogP contribution in [0.3, 0.4) is 0 Å². The van der Waals surface area contributed by atoms with Gasteiger partial charge >= 0.3 is 0 Å². The van der Waals surface area contributed by atoms with E-state index < -0.39 is 0 Å². The molecular weight excluding hydrogens is 877 g/mol. The second kappa shape index (κ2) is 17.4. The van der Waals surface area contributed by atoms with Crippen LogP contribution < -0.4 is 0 Å². The molecule has 3 aromatic heterocycles. The molecule has 0 atom stereocenters. The van der Waals surface area contributed by atoms with Gasteiger partial charge in [0.25, 0.3) is 0 Å². The minimum absolute atomic E-state index is 0.633. The molecule has 6 heteroatoms. The maximum Gasteiger partial charge on any atom is 0.160 e. The summed E-state index contributed by atoms with van der Waals surface area (Å²) in [6.07, 6.45) is 0. The van der Waals surface area contributed by atoms with Crippen molar-refractivity contribution in [2.24, 2.45) is 0 Å². The number of benzene rings is 10. The quantitative estimate of drug-likeness (QED) is 0.152. The molecule has 0 aliphatic heterocycles. The third-order valence-corrected chi connectivity index (χ3v) is 13.8. The second-order valence-corrected chi connectivity index (χ2v) is 18.0. The van der Waals surface area contributed by atoms with Gasteiger partial charge in [-0.2, -0.15) is 10.5 Å². The summed E-state index contributed by atoms with van der Waals surface area (Å²) in [5.74, 6) is 0.656. The van der Waals surface area contributed by atoms with E-state index in [1.54, 1.807) is 0 Å². The van der Waals surface area contributed by atoms with E-state index in [0.717, 1.165) is 116 Å². The summed E-state index contributed by atoms with van der Waals surface area (Å²) >= 11 is 0. The lowest BCUT2D eigenvalue weighted by Crippen LogP contribution is -2.02. The van der Waals surface area contributed by atoms with E-state index in [1.807, 2.05) is 84.9 Å². The fourth-order valence-corrected chi connectivity index (χ4v) is 10.4. The molecule has 6 nitrogen and oxygen atoms in total. The van der Waals surface area contributed by atoms with E-state index in [-0.39, 0.29) is 0 Å². The zero-order valence-electron chi connectivity index (χ0n) is 38.8. The minimum atomic E-state index is 0.633. The molecule has 0 unspecified atom stereocenters. The van der Waals surface area contributed by atoms with Crippen LogP contribution in [0.15, 0.2) is 243 Å². The first-order valence-corrected chi connectivity index (χ1v) is 23.9. The van der Waals surface area contributed by atoms with Crippen LogP contribution in [0.5, 0.6) is 0 Å². The van der Waals surface area contributed by atoms with Gasteiger partial charge in [0.2, 0.25) is 0 Å². The molecule has 13 aromatic rings. The highest BCUT2D eigenvalue weighted by atomic mass is 15.0. The molecule has 0 spiro atoms. The maximum atomic E-state index is 9.56. The number of hydrogen-bond acceptors (Lipinski definition) is 4. The summed E-state index contributed by atoms with van der Waals surface area (Å²) < 4.78 is 4.81. The highest BCUT2D eigenvalue weighted by Crippen LogP contribution is 2.43. The van der Waals surface area contributed by atoms with E-state index in [1.165, 1.54) is 0 Å². The fraction of sp³-hybridized carbons (Fsp3) is 0. The van der Waals surface area contributed by atoms with Gasteiger partial charge in [-0.05, 0) is 101 Å². The first-order chi connectivity index (χ1) is 35.6. The van der Waals surface area contributed by atoms with Gasteiger partial charge < -0.3 is 9.13 Å². The van der Waals surface area contributed by atoms with Crippen LogP contribution in [0, 0.1) is 22.7 Å². The van der Waals surface area contributed by atoms with Crippen LogP contribution >= 0.6 is 0 Å². The van der Waals surface area contributed by atoms with Crippen molar-refractivity contribution in [1.82, 2.24) is 19.1 Å². The van der Waals surface area contributed by atoms with Gasteiger partial charge in [0.1, 0.15) is 0 Å². The predicted octanol–water partition coefficient (Wildman–Crippen LogP) is 16.4. The maximum absolute atomic E-state index is 9.56. The molecule has 0 N–H and O–H groups in total. The lowest BCUT2D eigenvalue weighted by atomic mass is 9.97. The average Bonchev–Trinajstić information content (AvgIpc) is 3.97. The number of aromatic nitrogens is 4. The molecular formula is C66H40N6. The average molecular weight is 917 g/mol. The SMILES string of the molecule is N#Cc1ccc(-c2ccc3c(c2)c2ccccc2n3-c2ccccc2-c2ccc(-c3cc(-c4ccccc4)nc(-c4ccccc4)n3)cc2-n2c3ccccc3c3cc(-c4ccc(C#N)cc4)ccc32)cc1. The van der Waals surface area contributed by atoms with Crippen molar-refractivity contribution in [3.8, 4) is 90.8 Å². The Bertz CT molecular complexity index is 4270. The molecule has 0 aliphatic rings. The van der Waals surface area contributed by atoms with E-state index in [2.05, 4.69) is 179 Å². The molecule has 13 rings (SSSR count). The van der Waals surface area contributed by atoms with Crippen molar-refractivity contribution in [2.45, 2.75) is 0 Å². The van der Waals surface area contributed by atoms with Gasteiger partial charge in [-0.25, -0.2) is 9.97 Å². The van der Waals surface area contributed by atoms with E-state index in [9.17, 15) is 10.5 Å². The highest BCUT2D eigenvalue weighted by molar-refractivity contribution is 6.13. The van der Waals surface area contributed by atoms with Crippen molar-refractivity contribution in [3.05, 3.63) is 254 Å². The third kappa shape index (κ3) is 7.19. The Labute approximate surface area is 415 Å². The standard InChI is InChI=1S/C66H40N6/c67-41-43-23-27-45(28-24-43)49-32-35-63-56(37-49)53-18-8-11-21-61(53)71(63)60-20-10-7-17-52(60)55-34-31-51(59-40-58(47-13-3-1-4-14-47)69-66(70-59)48-15-5-2-6-16-48)39-65(55)72-62-22-12-9-19-54(62)57-38-50(33-36-64(57)72)46-29-25-44(42-68)26-30-46/h1-40H. The Morgan fingerprint density at radius 2 is 0.722 bits per heavy atom. The first kappa shape index (κ1) is 42.0. The van der Waals surface area contributed by atoms with Crippen LogP contribution in [-0.4, -0.2) is 19.1 Å². The van der Waals surface area contributed by atoms with Gasteiger partial charge in [-0.15, -0.1) is 0 Å². The fourth-order valence-electron chi connectivity index (χ4n) is 10.4. The Kier molecular flexibility index (Phi) is 10.2. The van der Waals surface area contributed by atoms with E-state index >= 15 is 0 Å². The van der Waals surface area contributed by atoms with Crippen molar-refractivity contribution >= 4 is 43.6 Å². The Hall–Kier alpha value is -10.1. The summed E-state index contributed by atoms with van der Waals surface area (Å²) in [5, 5.41) is 23.6. The van der Waals surface area contributed by atoms with Gasteiger partial charge in [0, 0.05) is 49.4 Å². The van der Waals surface area contributed by atoms with Gasteiger partial charge in [0.05, 0.1) is 68.1 Å². The Morgan fingerprint density at radius 1 is 0.292 bits per heavy atom. The van der Waals surface area contributed by atoms with Crippen molar-refractivity contribution < 1.29 is 0 Å². The second-order valence-electron chi connectivity index (χ2n) is 18.0. The molecule has 0 radical (unpaired) electrons. The van der Waals surface area contributed by atoms with E-state index in [4.69, 9.17) is 9.97 Å². The van der Waals surface area contributed by atoms with Crippen LogP contribution in [0.1, 0.15) is 11.1 Å². The van der Waals surface area contributed by atoms with Crippen molar-refractivity contribution in [1.29, 1.82) is 10.5 Å². The summed E-state index contributed by atoms with van der Waals surface area (Å²) in [6, 6.07) is 88.9. The minimum Gasteiger partial charge on any atom is -0.309 e. The predicted molar refractivity (Wildman–Crippen MR) is 293 cm³/mol. The van der Waals surface area contributed by atoms with Crippen LogP contribution in [0.25, 0.3) is 122 Å². The zero-order chi connectivity index (χ0) is 48.1. The number of fused-ring (bicyclic) bond motifs is 6. The molecule has 334 valence electrons. The number of nitrogens with zero attached hydrogens (tertiary/aromatic N) is 6. The number of rotatable bonds is 8. The summed E-state index contributed by atoms with van der Waals surface area (Å²) in [5.41, 5.74) is 18.6. The number of hydrogen-bond donors (Lipinski definition) is 0. The lowest BCUT2D eigenvalue weighted by Gasteiger charge is -2.20. The summed E-state index contributed by atoms with van der Waals surface area (Å²) in [7, 11) is 0. The normalized spacial score (nSPS) is 11.3. The molecule has 3 heterocycles. The third-order valence-electron chi connectivity index (χ3n) is 13.8. The molecule has 0 bridgehead atoms. The van der Waals surface area contributed by atoms with Crippen LogP contribution in [0.4, 0.5) is 0 Å². The van der Waals surface area contributed by atoms with Crippen LogP contribution in [-0.2, 0) is 0 Å². The molecule has 0 saturated carbocycles. The van der Waals surface area contributed by atoms with Gasteiger partial charge in [-0.1, -0.05) is 164 Å². The lowest BCUT2D eigenvalue weighted by molar-refractivity contribution is 1.15.